The third-order valence-corrected chi connectivity index (χ3v) is 3.44. The van der Waals surface area contributed by atoms with E-state index in [2.05, 4.69) is 35.3 Å². The number of hydrogen-bond donors (Lipinski definition) is 1. The third kappa shape index (κ3) is 3.88. The van der Waals surface area contributed by atoms with Crippen molar-refractivity contribution >= 4 is 11.7 Å². The van der Waals surface area contributed by atoms with Gasteiger partial charge in [-0.2, -0.15) is 0 Å². The number of esters is 1. The molecule has 0 amide bonds. The lowest BCUT2D eigenvalue weighted by atomic mass is 10.1. The fourth-order valence-electron chi connectivity index (χ4n) is 2.25. The van der Waals surface area contributed by atoms with E-state index >= 15 is 0 Å². The standard InChI is InChI=1S/C17H22N2O2/c1-4-8-19-9-7-14(12-19)11-18-16-10-15(17(20)21-3)6-5-13(16)2/h5-7,9-10,12,18H,4,8,11H2,1-3H3. The van der Waals surface area contributed by atoms with Gasteiger partial charge in [-0.1, -0.05) is 13.0 Å². The Labute approximate surface area is 125 Å². The molecule has 1 aromatic heterocycles. The molecule has 4 heteroatoms. The Bertz CT molecular complexity index is 617. The number of nitrogens with zero attached hydrogens (tertiary/aromatic N) is 1. The number of carbonyl (C=O) groups is 1. The molecule has 0 unspecified atom stereocenters. The predicted molar refractivity (Wildman–Crippen MR) is 84.6 cm³/mol. The van der Waals surface area contributed by atoms with Crippen LogP contribution in [0.15, 0.2) is 36.7 Å². The lowest BCUT2D eigenvalue weighted by Crippen LogP contribution is -2.05. The zero-order chi connectivity index (χ0) is 15.2. The molecule has 0 bridgehead atoms. The van der Waals surface area contributed by atoms with Crippen LogP contribution >= 0.6 is 0 Å². The predicted octanol–water partition coefficient (Wildman–Crippen LogP) is 3.61. The number of methoxy groups -OCH3 is 1. The van der Waals surface area contributed by atoms with Gasteiger partial charge in [-0.15, -0.1) is 0 Å². The molecular formula is C17H22N2O2. The van der Waals surface area contributed by atoms with E-state index in [-0.39, 0.29) is 5.97 Å². The summed E-state index contributed by atoms with van der Waals surface area (Å²) in [7, 11) is 1.39. The quantitative estimate of drug-likeness (QED) is 0.825. The molecule has 0 aliphatic carbocycles. The summed E-state index contributed by atoms with van der Waals surface area (Å²) in [5.41, 5.74) is 3.86. The molecule has 112 valence electrons. The number of aryl methyl sites for hydroxylation is 2. The fraction of sp³-hybridized carbons (Fsp3) is 0.353. The number of ether oxygens (including phenoxy) is 1. The molecule has 0 atom stereocenters. The summed E-state index contributed by atoms with van der Waals surface area (Å²) in [5.74, 6) is -0.313. The van der Waals surface area contributed by atoms with Crippen LogP contribution < -0.4 is 5.32 Å². The van der Waals surface area contributed by atoms with Crippen molar-refractivity contribution in [2.45, 2.75) is 33.4 Å². The van der Waals surface area contributed by atoms with E-state index in [4.69, 9.17) is 4.74 Å². The zero-order valence-electron chi connectivity index (χ0n) is 12.8. The first kappa shape index (κ1) is 15.2. The minimum atomic E-state index is -0.313. The molecule has 0 saturated heterocycles. The third-order valence-electron chi connectivity index (χ3n) is 3.44. The van der Waals surface area contributed by atoms with Gasteiger partial charge in [0.1, 0.15) is 0 Å². The maximum atomic E-state index is 11.6. The van der Waals surface area contributed by atoms with Gasteiger partial charge in [0.25, 0.3) is 0 Å². The summed E-state index contributed by atoms with van der Waals surface area (Å²) < 4.78 is 6.94. The second-order valence-electron chi connectivity index (χ2n) is 5.13. The maximum absolute atomic E-state index is 11.6. The molecule has 0 aliphatic heterocycles. The van der Waals surface area contributed by atoms with Crippen molar-refractivity contribution in [1.29, 1.82) is 0 Å². The molecule has 1 N–H and O–H groups in total. The Morgan fingerprint density at radius 1 is 1.33 bits per heavy atom. The van der Waals surface area contributed by atoms with Crippen molar-refractivity contribution in [3.63, 3.8) is 0 Å². The minimum Gasteiger partial charge on any atom is -0.465 e. The van der Waals surface area contributed by atoms with Gasteiger partial charge < -0.3 is 14.6 Å². The largest absolute Gasteiger partial charge is 0.465 e. The van der Waals surface area contributed by atoms with E-state index in [9.17, 15) is 4.79 Å². The first-order chi connectivity index (χ1) is 10.1. The van der Waals surface area contributed by atoms with E-state index in [1.807, 2.05) is 19.1 Å². The van der Waals surface area contributed by atoms with Crippen LogP contribution in [-0.2, 0) is 17.8 Å². The zero-order valence-corrected chi connectivity index (χ0v) is 12.8. The lowest BCUT2D eigenvalue weighted by molar-refractivity contribution is 0.0601. The molecule has 0 aliphatic rings. The normalized spacial score (nSPS) is 10.4. The SMILES string of the molecule is CCCn1ccc(CNc2cc(C(=O)OC)ccc2C)c1. The van der Waals surface area contributed by atoms with Crippen molar-refractivity contribution < 1.29 is 9.53 Å². The van der Waals surface area contributed by atoms with Crippen LogP contribution in [-0.4, -0.2) is 17.6 Å². The highest BCUT2D eigenvalue weighted by atomic mass is 16.5. The Balaban J connectivity index is 2.06. The van der Waals surface area contributed by atoms with E-state index in [1.54, 1.807) is 6.07 Å². The monoisotopic (exact) mass is 286 g/mol. The van der Waals surface area contributed by atoms with Gasteiger partial charge in [-0.25, -0.2) is 4.79 Å². The fourth-order valence-corrected chi connectivity index (χ4v) is 2.25. The highest BCUT2D eigenvalue weighted by Crippen LogP contribution is 2.18. The first-order valence-corrected chi connectivity index (χ1v) is 7.21. The first-order valence-electron chi connectivity index (χ1n) is 7.21. The van der Waals surface area contributed by atoms with Crippen LogP contribution in [0.5, 0.6) is 0 Å². The van der Waals surface area contributed by atoms with E-state index < -0.39 is 0 Å². The van der Waals surface area contributed by atoms with Crippen LogP contribution in [0, 0.1) is 6.92 Å². The maximum Gasteiger partial charge on any atom is 0.337 e. The minimum absolute atomic E-state index is 0.313. The number of nitrogens with one attached hydrogen (secondary N) is 1. The molecule has 0 fully saturated rings. The van der Waals surface area contributed by atoms with Crippen LogP contribution in [0.25, 0.3) is 0 Å². The molecule has 4 nitrogen and oxygen atoms in total. The van der Waals surface area contributed by atoms with Gasteiger partial charge in [0.2, 0.25) is 0 Å². The molecule has 0 radical (unpaired) electrons. The Kier molecular flexibility index (Phi) is 5.04. The van der Waals surface area contributed by atoms with Crippen LogP contribution in [0.2, 0.25) is 0 Å². The van der Waals surface area contributed by atoms with E-state index in [1.165, 1.54) is 12.7 Å². The van der Waals surface area contributed by atoms with Crippen LogP contribution in [0.1, 0.15) is 34.8 Å². The number of carbonyl (C=O) groups excluding carboxylic acids is 1. The van der Waals surface area contributed by atoms with Crippen LogP contribution in [0.4, 0.5) is 5.69 Å². The van der Waals surface area contributed by atoms with Crippen molar-refractivity contribution in [3.8, 4) is 0 Å². The van der Waals surface area contributed by atoms with Crippen LogP contribution in [0.3, 0.4) is 0 Å². The topological polar surface area (TPSA) is 43.3 Å². The second-order valence-corrected chi connectivity index (χ2v) is 5.13. The molecule has 1 aromatic carbocycles. The Hall–Kier alpha value is -2.23. The number of hydrogen-bond acceptors (Lipinski definition) is 3. The summed E-state index contributed by atoms with van der Waals surface area (Å²) in [6.07, 6.45) is 5.37. The Morgan fingerprint density at radius 2 is 2.14 bits per heavy atom. The lowest BCUT2D eigenvalue weighted by Gasteiger charge is -2.10. The molecule has 2 rings (SSSR count). The van der Waals surface area contributed by atoms with Gasteiger partial charge in [0.15, 0.2) is 0 Å². The number of rotatable bonds is 6. The summed E-state index contributed by atoms with van der Waals surface area (Å²) in [6.45, 7) is 5.96. The molecule has 2 aromatic rings. The van der Waals surface area contributed by atoms with E-state index in [0.717, 1.165) is 30.8 Å². The van der Waals surface area contributed by atoms with Gasteiger partial charge in [0, 0.05) is 31.2 Å². The second kappa shape index (κ2) is 6.97. The summed E-state index contributed by atoms with van der Waals surface area (Å²) in [6, 6.07) is 7.66. The number of benzene rings is 1. The van der Waals surface area contributed by atoms with E-state index in [0.29, 0.717) is 5.56 Å². The summed E-state index contributed by atoms with van der Waals surface area (Å²) >= 11 is 0. The van der Waals surface area contributed by atoms with Gasteiger partial charge >= 0.3 is 5.97 Å². The molecule has 0 spiro atoms. The van der Waals surface area contributed by atoms with Gasteiger partial charge in [-0.05, 0) is 42.7 Å². The number of anilines is 1. The van der Waals surface area contributed by atoms with Crippen molar-refractivity contribution in [1.82, 2.24) is 4.57 Å². The van der Waals surface area contributed by atoms with Gasteiger partial charge in [0.05, 0.1) is 12.7 Å². The highest BCUT2D eigenvalue weighted by molar-refractivity contribution is 5.90. The summed E-state index contributed by atoms with van der Waals surface area (Å²) in [5, 5.41) is 3.38. The molecule has 21 heavy (non-hydrogen) atoms. The van der Waals surface area contributed by atoms with Gasteiger partial charge in [-0.3, -0.25) is 0 Å². The highest BCUT2D eigenvalue weighted by Gasteiger charge is 2.08. The smallest absolute Gasteiger partial charge is 0.337 e. The summed E-state index contributed by atoms with van der Waals surface area (Å²) in [4.78, 5) is 11.6. The Morgan fingerprint density at radius 3 is 2.86 bits per heavy atom. The molecule has 0 saturated carbocycles. The van der Waals surface area contributed by atoms with Crippen molar-refractivity contribution in [2.24, 2.45) is 0 Å². The van der Waals surface area contributed by atoms with Crippen molar-refractivity contribution in [2.75, 3.05) is 12.4 Å². The number of aromatic nitrogens is 1. The molecular weight excluding hydrogens is 264 g/mol. The molecule has 1 heterocycles. The average Bonchev–Trinajstić information content (AvgIpc) is 2.93. The average molecular weight is 286 g/mol. The van der Waals surface area contributed by atoms with Crippen molar-refractivity contribution in [3.05, 3.63) is 53.3 Å².